The molecular formula is C18H23N2O7PS. The molecule has 0 saturated carbocycles. The van der Waals surface area contributed by atoms with E-state index in [4.69, 9.17) is 9.05 Å². The van der Waals surface area contributed by atoms with E-state index in [-0.39, 0.29) is 36.3 Å². The molecule has 0 fully saturated rings. The molecule has 0 radical (unpaired) electrons. The largest absolute Gasteiger partial charge is 0.335 e. The Morgan fingerprint density at radius 1 is 1.03 bits per heavy atom. The van der Waals surface area contributed by atoms with Gasteiger partial charge in [0.1, 0.15) is 5.75 Å². The highest BCUT2D eigenvalue weighted by molar-refractivity contribution is 7.91. The summed E-state index contributed by atoms with van der Waals surface area (Å²) in [7, 11) is -7.13. The van der Waals surface area contributed by atoms with E-state index in [1.807, 2.05) is 0 Å². The highest BCUT2D eigenvalue weighted by atomic mass is 32.2. The number of hydrogen-bond acceptors (Lipinski definition) is 7. The Kier molecular flexibility index (Phi) is 7.92. The molecule has 0 saturated heterocycles. The van der Waals surface area contributed by atoms with E-state index in [0.29, 0.717) is 5.56 Å². The Hall–Kier alpha value is -2.26. The van der Waals surface area contributed by atoms with Gasteiger partial charge in [0.25, 0.3) is 5.69 Å². The standard InChI is InChI=1S/C18H23N2O7PS/c1-3-26-28(23,27-4-2)13-15-9-11-17(12-10-15)19-29(24,25)14-16-7-5-6-8-18(16)20(21)22/h5-12,19H,3-4,13-14H2,1-2H3. The number of nitrogens with zero attached hydrogens (tertiary/aromatic N) is 1. The number of anilines is 1. The second-order valence-electron chi connectivity index (χ2n) is 6.05. The Bertz CT molecular complexity index is 984. The minimum Gasteiger partial charge on any atom is -0.309 e. The van der Waals surface area contributed by atoms with Crippen LogP contribution in [0, 0.1) is 10.1 Å². The fourth-order valence-electron chi connectivity index (χ4n) is 2.66. The molecule has 2 rings (SSSR count). The number of nitro benzene ring substituents is 1. The van der Waals surface area contributed by atoms with Gasteiger partial charge in [-0.25, -0.2) is 8.42 Å². The van der Waals surface area contributed by atoms with Crippen molar-refractivity contribution in [3.8, 4) is 0 Å². The topological polar surface area (TPSA) is 125 Å². The first kappa shape index (κ1) is 23.0. The van der Waals surface area contributed by atoms with Gasteiger partial charge in [-0.3, -0.25) is 19.4 Å². The molecule has 0 aliphatic rings. The summed E-state index contributed by atoms with van der Waals surface area (Å²) in [4.78, 5) is 10.4. The van der Waals surface area contributed by atoms with E-state index < -0.39 is 28.3 Å². The van der Waals surface area contributed by atoms with Crippen molar-refractivity contribution in [2.45, 2.75) is 25.8 Å². The number of nitrogens with one attached hydrogen (secondary N) is 1. The molecule has 11 heteroatoms. The second kappa shape index (κ2) is 9.98. The third-order valence-electron chi connectivity index (χ3n) is 3.79. The van der Waals surface area contributed by atoms with Gasteiger partial charge in [0.15, 0.2) is 0 Å². The maximum Gasteiger partial charge on any atom is 0.335 e. The number of nitro groups is 1. The summed E-state index contributed by atoms with van der Waals surface area (Å²) in [6, 6.07) is 12.0. The van der Waals surface area contributed by atoms with Crippen molar-refractivity contribution in [1.82, 2.24) is 0 Å². The minimum atomic E-state index is -3.87. The van der Waals surface area contributed by atoms with Gasteiger partial charge in [0.2, 0.25) is 10.0 Å². The van der Waals surface area contributed by atoms with Crippen LogP contribution in [-0.2, 0) is 35.6 Å². The highest BCUT2D eigenvalue weighted by Gasteiger charge is 2.24. The Labute approximate surface area is 169 Å². The zero-order valence-corrected chi connectivity index (χ0v) is 17.8. The number of hydrogen-bond donors (Lipinski definition) is 1. The normalized spacial score (nSPS) is 11.9. The van der Waals surface area contributed by atoms with Crippen LogP contribution in [0.4, 0.5) is 11.4 Å². The van der Waals surface area contributed by atoms with Crippen LogP contribution in [0.1, 0.15) is 25.0 Å². The average Bonchev–Trinajstić information content (AvgIpc) is 2.63. The van der Waals surface area contributed by atoms with Gasteiger partial charge in [-0.15, -0.1) is 0 Å². The molecule has 0 bridgehead atoms. The molecule has 0 unspecified atom stereocenters. The van der Waals surface area contributed by atoms with Crippen LogP contribution in [0.5, 0.6) is 0 Å². The zero-order valence-electron chi connectivity index (χ0n) is 16.1. The lowest BCUT2D eigenvalue weighted by Crippen LogP contribution is -2.15. The zero-order chi connectivity index (χ0) is 21.5. The summed E-state index contributed by atoms with van der Waals surface area (Å²) in [5.41, 5.74) is 0.790. The summed E-state index contributed by atoms with van der Waals surface area (Å²) in [5, 5.41) is 11.1. The van der Waals surface area contributed by atoms with Crippen molar-refractivity contribution in [3.63, 3.8) is 0 Å². The molecule has 0 heterocycles. The van der Waals surface area contributed by atoms with E-state index in [1.165, 1.54) is 30.3 Å². The molecule has 2 aromatic carbocycles. The molecule has 0 aromatic heterocycles. The summed E-state index contributed by atoms with van der Waals surface area (Å²) in [6.45, 7) is 3.95. The first-order chi connectivity index (χ1) is 13.7. The molecule has 9 nitrogen and oxygen atoms in total. The average molecular weight is 442 g/mol. The van der Waals surface area contributed by atoms with E-state index in [1.54, 1.807) is 32.0 Å². The molecule has 158 valence electrons. The number of benzene rings is 2. The van der Waals surface area contributed by atoms with Crippen molar-refractivity contribution >= 4 is 29.0 Å². The third kappa shape index (κ3) is 6.93. The first-order valence-corrected chi connectivity index (χ1v) is 12.3. The van der Waals surface area contributed by atoms with Crippen molar-refractivity contribution in [1.29, 1.82) is 0 Å². The Balaban J connectivity index is 2.11. The van der Waals surface area contributed by atoms with Crippen LogP contribution >= 0.6 is 7.60 Å². The number of rotatable bonds is 11. The number of sulfonamides is 1. The van der Waals surface area contributed by atoms with E-state index >= 15 is 0 Å². The monoisotopic (exact) mass is 442 g/mol. The summed E-state index contributed by atoms with van der Waals surface area (Å²) in [5.74, 6) is -0.532. The summed E-state index contributed by atoms with van der Waals surface area (Å²) in [6.07, 6.45) is 0.0674. The van der Waals surface area contributed by atoms with Crippen molar-refractivity contribution in [3.05, 3.63) is 69.8 Å². The van der Waals surface area contributed by atoms with Crippen LogP contribution in [0.3, 0.4) is 0 Å². The van der Waals surface area contributed by atoms with Gasteiger partial charge in [-0.2, -0.15) is 0 Å². The minimum absolute atomic E-state index is 0.0674. The SMILES string of the molecule is CCOP(=O)(Cc1ccc(NS(=O)(=O)Cc2ccccc2[N+](=O)[O-])cc1)OCC. The lowest BCUT2D eigenvalue weighted by molar-refractivity contribution is -0.385. The predicted molar refractivity (Wildman–Crippen MR) is 110 cm³/mol. The fraction of sp³-hybridized carbons (Fsp3) is 0.333. The van der Waals surface area contributed by atoms with E-state index in [2.05, 4.69) is 4.72 Å². The molecule has 0 aliphatic heterocycles. The lowest BCUT2D eigenvalue weighted by Gasteiger charge is -2.17. The maximum atomic E-state index is 12.6. The van der Waals surface area contributed by atoms with Gasteiger partial charge < -0.3 is 9.05 Å². The molecule has 0 atom stereocenters. The molecule has 1 N–H and O–H groups in total. The van der Waals surface area contributed by atoms with Gasteiger partial charge in [0, 0.05) is 17.3 Å². The molecule has 0 aliphatic carbocycles. The van der Waals surface area contributed by atoms with Gasteiger partial charge in [-0.05, 0) is 31.5 Å². The molecule has 0 spiro atoms. The van der Waals surface area contributed by atoms with E-state index in [0.717, 1.165) is 0 Å². The van der Waals surface area contributed by atoms with Crippen LogP contribution in [-0.4, -0.2) is 26.6 Å². The number of para-hydroxylation sites is 1. The highest BCUT2D eigenvalue weighted by Crippen LogP contribution is 2.51. The predicted octanol–water partition coefficient (Wildman–Crippen LogP) is 4.30. The molecule has 0 amide bonds. The van der Waals surface area contributed by atoms with Crippen LogP contribution in [0.2, 0.25) is 0 Å². The molecule has 29 heavy (non-hydrogen) atoms. The van der Waals surface area contributed by atoms with Gasteiger partial charge in [0.05, 0.1) is 24.3 Å². The van der Waals surface area contributed by atoms with Crippen molar-refractivity contribution in [2.75, 3.05) is 17.9 Å². The van der Waals surface area contributed by atoms with Crippen molar-refractivity contribution in [2.24, 2.45) is 0 Å². The van der Waals surface area contributed by atoms with E-state index in [9.17, 15) is 23.1 Å². The lowest BCUT2D eigenvalue weighted by atomic mass is 10.2. The maximum absolute atomic E-state index is 12.6. The van der Waals surface area contributed by atoms with Gasteiger partial charge >= 0.3 is 7.60 Å². The summed E-state index contributed by atoms with van der Waals surface area (Å²) < 4.78 is 50.3. The fourth-order valence-corrected chi connectivity index (χ4v) is 5.58. The molecular weight excluding hydrogens is 419 g/mol. The van der Waals surface area contributed by atoms with Crippen LogP contribution in [0.25, 0.3) is 0 Å². The second-order valence-corrected chi connectivity index (χ2v) is 9.83. The van der Waals surface area contributed by atoms with Crippen LogP contribution in [0.15, 0.2) is 48.5 Å². The molecule has 2 aromatic rings. The van der Waals surface area contributed by atoms with Crippen molar-refractivity contribution < 1.29 is 27.0 Å². The summed E-state index contributed by atoms with van der Waals surface area (Å²) >= 11 is 0. The quantitative estimate of drug-likeness (QED) is 0.312. The smallest absolute Gasteiger partial charge is 0.309 e. The first-order valence-electron chi connectivity index (χ1n) is 8.88. The Morgan fingerprint density at radius 2 is 1.62 bits per heavy atom. The Morgan fingerprint density at radius 3 is 2.17 bits per heavy atom. The van der Waals surface area contributed by atoms with Gasteiger partial charge in [-0.1, -0.05) is 30.3 Å². The van der Waals surface area contributed by atoms with Crippen LogP contribution < -0.4 is 4.72 Å². The third-order valence-corrected chi connectivity index (χ3v) is 7.08.